The third-order valence-corrected chi connectivity index (χ3v) is 2.95. The number of hydrogen-bond acceptors (Lipinski definition) is 2. The van der Waals surface area contributed by atoms with Gasteiger partial charge in [0.25, 0.3) is 0 Å². The van der Waals surface area contributed by atoms with E-state index in [9.17, 15) is 0 Å². The minimum Gasteiger partial charge on any atom is -0.255 e. The van der Waals surface area contributed by atoms with E-state index in [4.69, 9.17) is 18.9 Å². The van der Waals surface area contributed by atoms with Gasteiger partial charge in [-0.3, -0.25) is 4.98 Å². The number of aromatic nitrogens is 1. The van der Waals surface area contributed by atoms with Crippen LogP contribution in [0.5, 0.6) is 0 Å². The van der Waals surface area contributed by atoms with Crippen molar-refractivity contribution in [2.24, 2.45) is 4.99 Å². The van der Waals surface area contributed by atoms with Gasteiger partial charge in [-0.1, -0.05) is 54.6 Å². The molecule has 0 bridgehead atoms. The van der Waals surface area contributed by atoms with Crippen molar-refractivity contribution < 1.29 is 31.0 Å². The van der Waals surface area contributed by atoms with Gasteiger partial charge in [0.2, 0.25) is 0 Å². The second kappa shape index (κ2) is 17.8. The van der Waals surface area contributed by atoms with E-state index in [-0.39, 0.29) is 17.1 Å². The summed E-state index contributed by atoms with van der Waals surface area (Å²) in [4.78, 5) is 9.17. The van der Waals surface area contributed by atoms with E-state index in [1.807, 2.05) is 66.7 Å². The van der Waals surface area contributed by atoms with E-state index in [1.54, 1.807) is 6.20 Å². The maximum Gasteiger partial charge on any atom is 0.0965 e. The van der Waals surface area contributed by atoms with Crippen LogP contribution in [0.25, 0.3) is 0 Å². The Labute approximate surface area is 168 Å². The van der Waals surface area contributed by atoms with Gasteiger partial charge in [-0.15, -0.1) is 0 Å². The SMILES string of the molecule is [C-]#[O+].[C-]#[O+].[C-]#[O+].[Fe].c1ccc(N=C(c2ccccc2)c2ccccn2)cc1. The zero-order chi connectivity index (χ0) is 19.6. The third kappa shape index (κ3) is 9.31. The monoisotopic (exact) mass is 398 g/mol. The molecular formula is C21H14FeN2O3. The van der Waals surface area contributed by atoms with Crippen LogP contribution in [0, 0.1) is 20.0 Å². The summed E-state index contributed by atoms with van der Waals surface area (Å²) in [5, 5.41) is 0. The van der Waals surface area contributed by atoms with Crippen molar-refractivity contribution in [3.8, 4) is 0 Å². The number of aliphatic imine (C=N–C) groups is 1. The molecule has 0 saturated carbocycles. The van der Waals surface area contributed by atoms with Gasteiger partial charge in [0.05, 0.1) is 17.1 Å². The molecule has 3 rings (SSSR count). The predicted molar refractivity (Wildman–Crippen MR) is 94.2 cm³/mol. The molecule has 1 aromatic heterocycles. The van der Waals surface area contributed by atoms with Crippen molar-refractivity contribution in [2.45, 2.75) is 0 Å². The third-order valence-electron chi connectivity index (χ3n) is 2.95. The Bertz CT molecular complexity index is 775. The summed E-state index contributed by atoms with van der Waals surface area (Å²) in [6.45, 7) is 13.5. The molecule has 0 fully saturated rings. The Morgan fingerprint density at radius 3 is 1.63 bits per heavy atom. The van der Waals surface area contributed by atoms with Crippen LogP contribution in [0.3, 0.4) is 0 Å². The van der Waals surface area contributed by atoms with E-state index in [0.717, 1.165) is 22.7 Å². The van der Waals surface area contributed by atoms with E-state index >= 15 is 0 Å². The molecule has 0 aliphatic rings. The quantitative estimate of drug-likeness (QED) is 0.283. The van der Waals surface area contributed by atoms with Crippen LogP contribution in [0.15, 0.2) is 90.1 Å². The first-order valence-electron chi connectivity index (χ1n) is 7.15. The normalized spacial score (nSPS) is 8.59. The van der Waals surface area contributed by atoms with Crippen LogP contribution >= 0.6 is 0 Å². The fourth-order valence-corrected chi connectivity index (χ4v) is 2.00. The van der Waals surface area contributed by atoms with Gasteiger partial charge in [0.15, 0.2) is 0 Å². The first kappa shape index (κ1) is 26.2. The van der Waals surface area contributed by atoms with Gasteiger partial charge in [-0.25, -0.2) is 4.99 Å². The fourth-order valence-electron chi connectivity index (χ4n) is 2.00. The molecule has 0 aliphatic carbocycles. The van der Waals surface area contributed by atoms with Crippen LogP contribution in [0.1, 0.15) is 11.3 Å². The fraction of sp³-hybridized carbons (Fsp3) is 0. The maximum atomic E-state index is 7.50. The number of hydrogen-bond donors (Lipinski definition) is 0. The number of pyridine rings is 1. The summed E-state index contributed by atoms with van der Waals surface area (Å²) in [6.07, 6.45) is 1.79. The number of para-hydroxylation sites is 1. The Hall–Kier alpha value is -3.00. The molecule has 6 heteroatoms. The van der Waals surface area contributed by atoms with Crippen LogP contribution in [-0.2, 0) is 31.0 Å². The van der Waals surface area contributed by atoms with Crippen molar-refractivity contribution in [1.29, 1.82) is 0 Å². The Kier molecular flexibility index (Phi) is 17.3. The topological polar surface area (TPSA) is 85.0 Å². The number of benzene rings is 2. The Morgan fingerprint density at radius 2 is 1.15 bits per heavy atom. The molecule has 5 nitrogen and oxygen atoms in total. The molecule has 0 aliphatic heterocycles. The zero-order valence-electron chi connectivity index (χ0n) is 14.1. The van der Waals surface area contributed by atoms with E-state index in [1.165, 1.54) is 0 Å². The first-order valence-corrected chi connectivity index (χ1v) is 7.15. The van der Waals surface area contributed by atoms with Gasteiger partial charge in [-0.05, 0) is 24.3 Å². The smallest absolute Gasteiger partial charge is 0.0965 e. The number of rotatable bonds is 3. The van der Waals surface area contributed by atoms with Gasteiger partial charge in [0, 0.05) is 28.8 Å². The van der Waals surface area contributed by atoms with Crippen LogP contribution in [0.2, 0.25) is 0 Å². The van der Waals surface area contributed by atoms with Crippen LogP contribution in [0.4, 0.5) is 5.69 Å². The summed E-state index contributed by atoms with van der Waals surface area (Å²) in [6, 6.07) is 25.9. The molecule has 0 N–H and O–H groups in total. The van der Waals surface area contributed by atoms with Gasteiger partial charge in [-0.2, -0.15) is 0 Å². The Morgan fingerprint density at radius 1 is 0.667 bits per heavy atom. The molecule has 0 saturated heterocycles. The van der Waals surface area contributed by atoms with E-state index in [0.29, 0.717) is 0 Å². The zero-order valence-corrected chi connectivity index (χ0v) is 15.2. The van der Waals surface area contributed by atoms with Crippen LogP contribution in [-0.4, -0.2) is 10.7 Å². The Balaban J connectivity index is 0. The van der Waals surface area contributed by atoms with Crippen molar-refractivity contribution in [3.05, 3.63) is 116 Å². The molecule has 134 valence electrons. The first-order chi connectivity index (χ1) is 12.9. The molecule has 2 aromatic carbocycles. The largest absolute Gasteiger partial charge is 0.255 e. The van der Waals surface area contributed by atoms with Crippen molar-refractivity contribution in [3.63, 3.8) is 0 Å². The van der Waals surface area contributed by atoms with Gasteiger partial charge in [0.1, 0.15) is 0 Å². The molecule has 0 unspecified atom stereocenters. The molecule has 0 radical (unpaired) electrons. The second-order valence-corrected chi connectivity index (χ2v) is 4.38. The summed E-state index contributed by atoms with van der Waals surface area (Å²) in [5.74, 6) is 0. The summed E-state index contributed by atoms with van der Waals surface area (Å²) >= 11 is 0. The van der Waals surface area contributed by atoms with Crippen molar-refractivity contribution in [2.75, 3.05) is 0 Å². The second-order valence-electron chi connectivity index (χ2n) is 4.38. The molecule has 27 heavy (non-hydrogen) atoms. The molecule has 0 amide bonds. The minimum absolute atomic E-state index is 0. The maximum absolute atomic E-state index is 7.50. The molecule has 3 aromatic rings. The van der Waals surface area contributed by atoms with Crippen molar-refractivity contribution >= 4 is 11.4 Å². The van der Waals surface area contributed by atoms with E-state index < -0.39 is 0 Å². The minimum atomic E-state index is 0. The predicted octanol–water partition coefficient (Wildman–Crippen LogP) is 4.14. The summed E-state index contributed by atoms with van der Waals surface area (Å²) < 4.78 is 22.5. The van der Waals surface area contributed by atoms with Gasteiger partial charge >= 0.3 is 33.9 Å². The summed E-state index contributed by atoms with van der Waals surface area (Å²) in [7, 11) is 0. The summed E-state index contributed by atoms with van der Waals surface area (Å²) in [5.41, 5.74) is 3.76. The average Bonchev–Trinajstić information content (AvgIpc) is 2.78. The van der Waals surface area contributed by atoms with Crippen LogP contribution < -0.4 is 0 Å². The molecular weight excluding hydrogens is 384 g/mol. The number of nitrogens with zero attached hydrogens (tertiary/aromatic N) is 2. The average molecular weight is 398 g/mol. The van der Waals surface area contributed by atoms with Crippen molar-refractivity contribution in [1.82, 2.24) is 4.98 Å². The standard InChI is InChI=1S/C18H14N2.3CO.Fe/c1-3-9-15(10-4-1)18(17-13-7-8-14-19-17)20-16-11-5-2-6-12-16;3*1-2;/h1-14H;;;;. The molecule has 1 heterocycles. The van der Waals surface area contributed by atoms with E-state index in [2.05, 4.69) is 37.1 Å². The molecule has 0 spiro atoms. The molecule has 0 atom stereocenters. The van der Waals surface area contributed by atoms with Gasteiger partial charge < -0.3 is 0 Å².